The van der Waals surface area contributed by atoms with Gasteiger partial charge < -0.3 is 19.9 Å². The Kier molecular flexibility index (Phi) is 8.84. The third kappa shape index (κ3) is 6.66. The molecule has 1 saturated heterocycles. The van der Waals surface area contributed by atoms with Gasteiger partial charge in [-0.15, -0.1) is 10.2 Å². The second-order valence-corrected chi connectivity index (χ2v) is 8.33. The zero-order chi connectivity index (χ0) is 22.9. The van der Waals surface area contributed by atoms with Gasteiger partial charge in [0.15, 0.2) is 23.4 Å². The van der Waals surface area contributed by atoms with Crippen molar-refractivity contribution in [3.05, 3.63) is 41.2 Å². The normalized spacial score (nSPS) is 15.7. The van der Waals surface area contributed by atoms with Gasteiger partial charge in [0.2, 0.25) is 0 Å². The van der Waals surface area contributed by atoms with E-state index in [1.807, 2.05) is 24.6 Å². The Labute approximate surface area is 190 Å². The first kappa shape index (κ1) is 24.0. The summed E-state index contributed by atoms with van der Waals surface area (Å²) in [4.78, 5) is 7.11. The first-order chi connectivity index (χ1) is 15.5. The van der Waals surface area contributed by atoms with Crippen molar-refractivity contribution >= 4 is 5.96 Å². The van der Waals surface area contributed by atoms with Crippen molar-refractivity contribution in [3.63, 3.8) is 0 Å². The summed E-state index contributed by atoms with van der Waals surface area (Å²) in [6.45, 7) is 8.15. The highest BCUT2D eigenvalue weighted by Gasteiger charge is 2.20. The molecule has 0 atom stereocenters. The van der Waals surface area contributed by atoms with Crippen LogP contribution in [0, 0.1) is 12.7 Å². The predicted octanol–water partition coefficient (Wildman–Crippen LogP) is 2.77. The lowest BCUT2D eigenvalue weighted by Crippen LogP contribution is -2.48. The number of unbranched alkanes of at least 4 members (excludes halogenated alkanes) is 1. The van der Waals surface area contributed by atoms with Gasteiger partial charge in [0.25, 0.3) is 0 Å². The number of benzene rings is 1. The molecule has 1 fully saturated rings. The first-order valence-electron chi connectivity index (χ1n) is 11.4. The van der Waals surface area contributed by atoms with Gasteiger partial charge in [-0.05, 0) is 43.9 Å². The van der Waals surface area contributed by atoms with E-state index in [1.165, 1.54) is 7.11 Å². The topological polar surface area (TPSA) is 79.6 Å². The molecule has 1 aliphatic heterocycles. The van der Waals surface area contributed by atoms with Gasteiger partial charge in [-0.2, -0.15) is 0 Å². The van der Waals surface area contributed by atoms with Gasteiger partial charge in [0.1, 0.15) is 12.4 Å². The fourth-order valence-electron chi connectivity index (χ4n) is 3.77. The molecule has 2 aromatic rings. The number of methoxy groups -OCH3 is 1. The number of guanidine groups is 1. The molecule has 3 rings (SSSR count). The van der Waals surface area contributed by atoms with Crippen molar-refractivity contribution in [1.82, 2.24) is 30.3 Å². The standard InChI is InChI=1S/C23H36FN7O/c1-5-6-11-25-23(26-15-22-29-28-17(2)30(22)3)27-19-9-12-31(13-10-19)16-18-7-8-21(32-4)20(24)14-18/h7-8,14,19H,5-6,9-13,15-16H2,1-4H3,(H2,25,26,27). The highest BCUT2D eigenvalue weighted by atomic mass is 19.1. The Balaban J connectivity index is 1.53. The van der Waals surface area contributed by atoms with E-state index in [2.05, 4.69) is 32.7 Å². The zero-order valence-electron chi connectivity index (χ0n) is 19.7. The average molecular weight is 446 g/mol. The van der Waals surface area contributed by atoms with E-state index in [1.54, 1.807) is 12.1 Å². The number of halogens is 1. The minimum absolute atomic E-state index is 0.288. The molecule has 2 heterocycles. The Morgan fingerprint density at radius 3 is 2.69 bits per heavy atom. The van der Waals surface area contributed by atoms with Crippen LogP contribution >= 0.6 is 0 Å². The lowest BCUT2D eigenvalue weighted by Gasteiger charge is -2.33. The summed E-state index contributed by atoms with van der Waals surface area (Å²) in [5, 5.41) is 15.4. The summed E-state index contributed by atoms with van der Waals surface area (Å²) in [5.74, 6) is 2.54. The van der Waals surface area contributed by atoms with Crippen molar-refractivity contribution in [3.8, 4) is 5.75 Å². The molecule has 0 bridgehead atoms. The first-order valence-corrected chi connectivity index (χ1v) is 11.4. The minimum Gasteiger partial charge on any atom is -0.494 e. The summed E-state index contributed by atoms with van der Waals surface area (Å²) in [6.07, 6.45) is 4.25. The van der Waals surface area contributed by atoms with Crippen molar-refractivity contribution in [2.45, 2.75) is 58.7 Å². The molecule has 0 aliphatic carbocycles. The molecule has 0 unspecified atom stereocenters. The van der Waals surface area contributed by atoms with Crippen molar-refractivity contribution in [2.75, 3.05) is 26.7 Å². The number of hydrogen-bond donors (Lipinski definition) is 2. The molecule has 1 aromatic heterocycles. The molecule has 8 nitrogen and oxygen atoms in total. The number of ether oxygens (including phenoxy) is 1. The maximum atomic E-state index is 14.0. The lowest BCUT2D eigenvalue weighted by atomic mass is 10.0. The van der Waals surface area contributed by atoms with Crippen LogP contribution in [0.2, 0.25) is 0 Å². The Morgan fingerprint density at radius 1 is 1.28 bits per heavy atom. The van der Waals surface area contributed by atoms with Gasteiger partial charge >= 0.3 is 0 Å². The summed E-state index contributed by atoms with van der Waals surface area (Å²) < 4.78 is 21.0. The van der Waals surface area contributed by atoms with Crippen LogP contribution in [0.1, 0.15) is 49.8 Å². The number of aromatic nitrogens is 3. The number of piperidine rings is 1. The van der Waals surface area contributed by atoms with Gasteiger partial charge in [-0.1, -0.05) is 19.4 Å². The highest BCUT2D eigenvalue weighted by Crippen LogP contribution is 2.20. The lowest BCUT2D eigenvalue weighted by molar-refractivity contribution is 0.198. The van der Waals surface area contributed by atoms with Gasteiger partial charge in [0, 0.05) is 39.3 Å². The number of nitrogens with zero attached hydrogens (tertiary/aromatic N) is 5. The van der Waals surface area contributed by atoms with Crippen LogP contribution in [0.3, 0.4) is 0 Å². The van der Waals surface area contributed by atoms with Crippen molar-refractivity contribution in [1.29, 1.82) is 0 Å². The zero-order valence-corrected chi connectivity index (χ0v) is 19.7. The molecule has 1 aliphatic rings. The van der Waals surface area contributed by atoms with Crippen molar-refractivity contribution in [2.24, 2.45) is 12.0 Å². The Bertz CT molecular complexity index is 890. The molecule has 176 valence electrons. The van der Waals surface area contributed by atoms with Crippen LogP contribution in [0.4, 0.5) is 4.39 Å². The fraction of sp³-hybridized carbons (Fsp3) is 0.609. The maximum absolute atomic E-state index is 14.0. The third-order valence-electron chi connectivity index (χ3n) is 5.93. The van der Waals surface area contributed by atoms with E-state index in [0.717, 1.165) is 75.0 Å². The number of nitrogens with one attached hydrogen (secondary N) is 2. The van der Waals surface area contributed by atoms with Crippen LogP contribution < -0.4 is 15.4 Å². The number of likely N-dealkylation sites (tertiary alicyclic amines) is 1. The van der Waals surface area contributed by atoms with E-state index in [9.17, 15) is 4.39 Å². The van der Waals surface area contributed by atoms with Crippen LogP contribution in [0.15, 0.2) is 23.2 Å². The molecule has 0 saturated carbocycles. The number of aliphatic imine (C=N–C) groups is 1. The smallest absolute Gasteiger partial charge is 0.191 e. The summed E-state index contributed by atoms with van der Waals surface area (Å²) in [7, 11) is 3.45. The third-order valence-corrected chi connectivity index (χ3v) is 5.93. The number of rotatable bonds is 9. The highest BCUT2D eigenvalue weighted by molar-refractivity contribution is 5.80. The van der Waals surface area contributed by atoms with E-state index in [-0.39, 0.29) is 11.6 Å². The van der Waals surface area contributed by atoms with E-state index >= 15 is 0 Å². The predicted molar refractivity (Wildman–Crippen MR) is 124 cm³/mol. The molecule has 0 radical (unpaired) electrons. The fourth-order valence-corrected chi connectivity index (χ4v) is 3.77. The number of aryl methyl sites for hydroxylation is 1. The van der Waals surface area contributed by atoms with Gasteiger partial charge in [-0.3, -0.25) is 4.90 Å². The molecule has 2 N–H and O–H groups in total. The summed E-state index contributed by atoms with van der Waals surface area (Å²) in [6, 6.07) is 5.55. The van der Waals surface area contributed by atoms with Gasteiger partial charge in [0.05, 0.1) is 7.11 Å². The molecular weight excluding hydrogens is 409 g/mol. The second kappa shape index (κ2) is 11.8. The largest absolute Gasteiger partial charge is 0.494 e. The molecule has 32 heavy (non-hydrogen) atoms. The second-order valence-electron chi connectivity index (χ2n) is 8.33. The molecule has 0 amide bonds. The van der Waals surface area contributed by atoms with Crippen LogP contribution in [0.25, 0.3) is 0 Å². The van der Waals surface area contributed by atoms with E-state index in [0.29, 0.717) is 12.6 Å². The van der Waals surface area contributed by atoms with Crippen LogP contribution in [0.5, 0.6) is 5.75 Å². The Hall–Kier alpha value is -2.68. The van der Waals surface area contributed by atoms with Crippen LogP contribution in [-0.2, 0) is 20.1 Å². The number of hydrogen-bond acceptors (Lipinski definition) is 5. The van der Waals surface area contributed by atoms with Crippen molar-refractivity contribution < 1.29 is 9.13 Å². The SMILES string of the molecule is CCCCNC(=NCc1nnc(C)n1C)NC1CCN(Cc2ccc(OC)c(F)c2)CC1. The maximum Gasteiger partial charge on any atom is 0.191 e. The van der Waals surface area contributed by atoms with Gasteiger partial charge in [-0.25, -0.2) is 9.38 Å². The van der Waals surface area contributed by atoms with Crippen LogP contribution in [-0.4, -0.2) is 58.4 Å². The Morgan fingerprint density at radius 2 is 2.06 bits per heavy atom. The molecule has 1 aromatic carbocycles. The molecular formula is C23H36FN7O. The molecule has 0 spiro atoms. The monoisotopic (exact) mass is 445 g/mol. The van der Waals surface area contributed by atoms with E-state index in [4.69, 9.17) is 9.73 Å². The summed E-state index contributed by atoms with van der Waals surface area (Å²) in [5.41, 5.74) is 0.970. The quantitative estimate of drug-likeness (QED) is 0.351. The molecule has 9 heteroatoms. The summed E-state index contributed by atoms with van der Waals surface area (Å²) >= 11 is 0. The average Bonchev–Trinajstić information content (AvgIpc) is 3.11. The minimum atomic E-state index is -0.307. The van der Waals surface area contributed by atoms with E-state index < -0.39 is 0 Å².